The molecule has 0 aromatic carbocycles. The molecule has 0 saturated carbocycles. The minimum absolute atomic E-state index is 0.288. The van der Waals surface area contributed by atoms with Crippen molar-refractivity contribution < 1.29 is 19.1 Å². The number of carbonyl (C=O) groups excluding carboxylic acids is 1. The summed E-state index contributed by atoms with van der Waals surface area (Å²) in [4.78, 5) is 13.6. The number of methoxy groups -OCH3 is 1. The van der Waals surface area contributed by atoms with Crippen LogP contribution in [-0.2, 0) is 16.1 Å². The summed E-state index contributed by atoms with van der Waals surface area (Å²) in [6.45, 7) is 4.89. The lowest BCUT2D eigenvalue weighted by molar-refractivity contribution is -0.146. The normalized spacial score (nSPS) is 24.4. The lowest BCUT2D eigenvalue weighted by Gasteiger charge is -2.21. The van der Waals surface area contributed by atoms with Gasteiger partial charge in [-0.15, -0.1) is 0 Å². The average Bonchev–Trinajstić information content (AvgIpc) is 2.82. The molecule has 1 aromatic heterocycles. The van der Waals surface area contributed by atoms with Crippen LogP contribution in [0.4, 0.5) is 0 Å². The van der Waals surface area contributed by atoms with Gasteiger partial charge in [-0.05, 0) is 19.9 Å². The lowest BCUT2D eigenvalue weighted by atomic mass is 10.2. The predicted octanol–water partition coefficient (Wildman–Crippen LogP) is 1.00. The number of furan rings is 1. The van der Waals surface area contributed by atoms with Crippen LogP contribution in [0.5, 0.6) is 0 Å². The number of nitrogens with zero attached hydrogens (tertiary/aromatic N) is 1. The highest BCUT2D eigenvalue weighted by atomic mass is 16.5. The number of hydrogen-bond acceptors (Lipinski definition) is 5. The lowest BCUT2D eigenvalue weighted by Crippen LogP contribution is -2.36. The summed E-state index contributed by atoms with van der Waals surface area (Å²) < 4.78 is 10.2. The number of rotatable bonds is 3. The van der Waals surface area contributed by atoms with E-state index in [0.717, 1.165) is 17.1 Å². The first-order chi connectivity index (χ1) is 8.51. The maximum atomic E-state index is 11.7. The number of β-amino-alcohol motifs (C(OH)–C–C–N with tert-alkyl or cyclic N) is 1. The number of aliphatic hydroxyl groups is 1. The maximum Gasteiger partial charge on any atom is 0.323 e. The van der Waals surface area contributed by atoms with Gasteiger partial charge < -0.3 is 14.3 Å². The minimum Gasteiger partial charge on any atom is -0.468 e. The van der Waals surface area contributed by atoms with Gasteiger partial charge in [0, 0.05) is 25.1 Å². The Hall–Kier alpha value is -1.33. The fourth-order valence-corrected chi connectivity index (χ4v) is 2.49. The molecule has 0 radical (unpaired) electrons. The first-order valence-electron chi connectivity index (χ1n) is 6.07. The second-order valence-corrected chi connectivity index (χ2v) is 4.80. The molecule has 0 bridgehead atoms. The standard InChI is InChI=1S/C13H19NO4/c1-8-4-10(9(2)18-8)6-14-7-11(15)5-12(14)13(16)17-3/h4,11-12,15H,5-7H2,1-3H3/t11-,12+/m1/s1. The van der Waals surface area contributed by atoms with Crippen molar-refractivity contribution in [2.75, 3.05) is 13.7 Å². The Balaban J connectivity index is 2.11. The van der Waals surface area contributed by atoms with E-state index in [9.17, 15) is 9.90 Å². The van der Waals surface area contributed by atoms with Gasteiger partial charge in [0.15, 0.2) is 0 Å². The van der Waals surface area contributed by atoms with Gasteiger partial charge >= 0.3 is 5.97 Å². The van der Waals surface area contributed by atoms with Crippen molar-refractivity contribution in [2.45, 2.75) is 39.0 Å². The minimum atomic E-state index is -0.470. The van der Waals surface area contributed by atoms with Gasteiger partial charge in [-0.3, -0.25) is 9.69 Å². The summed E-state index contributed by atoms with van der Waals surface area (Å²) in [5.41, 5.74) is 1.05. The van der Waals surface area contributed by atoms with Crippen molar-refractivity contribution in [1.29, 1.82) is 0 Å². The number of likely N-dealkylation sites (tertiary alicyclic amines) is 1. The molecule has 0 unspecified atom stereocenters. The monoisotopic (exact) mass is 253 g/mol. The molecule has 2 heterocycles. The average molecular weight is 253 g/mol. The van der Waals surface area contributed by atoms with Gasteiger partial charge in [0.2, 0.25) is 0 Å². The third kappa shape index (κ3) is 2.57. The number of ether oxygens (including phenoxy) is 1. The van der Waals surface area contributed by atoms with E-state index in [2.05, 4.69) is 0 Å². The Morgan fingerprint density at radius 1 is 1.61 bits per heavy atom. The number of aryl methyl sites for hydroxylation is 2. The molecule has 2 rings (SSSR count). The van der Waals surface area contributed by atoms with Gasteiger partial charge in [0.1, 0.15) is 17.6 Å². The van der Waals surface area contributed by atoms with E-state index >= 15 is 0 Å². The summed E-state index contributed by atoms with van der Waals surface area (Å²) >= 11 is 0. The number of esters is 1. The smallest absolute Gasteiger partial charge is 0.323 e. The van der Waals surface area contributed by atoms with E-state index in [1.807, 2.05) is 24.8 Å². The van der Waals surface area contributed by atoms with Gasteiger partial charge in [-0.1, -0.05) is 0 Å². The SMILES string of the molecule is COC(=O)[C@@H]1C[C@@H](O)CN1Cc1cc(C)oc1C. The molecule has 100 valence electrons. The molecule has 1 aliphatic rings. The van der Waals surface area contributed by atoms with E-state index < -0.39 is 6.10 Å². The largest absolute Gasteiger partial charge is 0.468 e. The molecule has 0 amide bonds. The van der Waals surface area contributed by atoms with Crippen LogP contribution in [0.15, 0.2) is 10.5 Å². The van der Waals surface area contributed by atoms with E-state index in [1.54, 1.807) is 0 Å². The van der Waals surface area contributed by atoms with Gasteiger partial charge in [-0.25, -0.2) is 0 Å². The van der Waals surface area contributed by atoms with Crippen LogP contribution >= 0.6 is 0 Å². The summed E-state index contributed by atoms with van der Waals surface area (Å²) in [5.74, 6) is 1.43. The number of aliphatic hydroxyl groups excluding tert-OH is 1. The van der Waals surface area contributed by atoms with Gasteiger partial charge in [0.05, 0.1) is 13.2 Å². The summed E-state index contributed by atoms with van der Waals surface area (Å²) in [6.07, 6.45) is -0.0369. The molecule has 0 spiro atoms. The molecule has 1 aromatic rings. The molecule has 0 aliphatic carbocycles. The van der Waals surface area contributed by atoms with Crippen LogP contribution < -0.4 is 0 Å². The van der Waals surface area contributed by atoms with Crippen molar-refractivity contribution in [3.05, 3.63) is 23.2 Å². The van der Waals surface area contributed by atoms with Crippen LogP contribution in [0.2, 0.25) is 0 Å². The predicted molar refractivity (Wildman–Crippen MR) is 65.0 cm³/mol. The third-order valence-corrected chi connectivity index (χ3v) is 3.37. The number of hydrogen-bond donors (Lipinski definition) is 1. The van der Waals surface area contributed by atoms with Crippen molar-refractivity contribution in [1.82, 2.24) is 4.90 Å². The topological polar surface area (TPSA) is 62.9 Å². The first-order valence-corrected chi connectivity index (χ1v) is 6.07. The zero-order valence-electron chi connectivity index (χ0n) is 11.0. The molecule has 18 heavy (non-hydrogen) atoms. The van der Waals surface area contributed by atoms with E-state index in [1.165, 1.54) is 7.11 Å². The van der Waals surface area contributed by atoms with E-state index in [0.29, 0.717) is 19.5 Å². The Bertz CT molecular complexity index is 440. The second kappa shape index (κ2) is 5.12. The van der Waals surface area contributed by atoms with Crippen LogP contribution in [0.25, 0.3) is 0 Å². The van der Waals surface area contributed by atoms with Crippen molar-refractivity contribution >= 4 is 5.97 Å². The van der Waals surface area contributed by atoms with Gasteiger partial charge in [-0.2, -0.15) is 0 Å². The molecule has 5 heteroatoms. The number of carbonyl (C=O) groups is 1. The van der Waals surface area contributed by atoms with Crippen LogP contribution in [0.1, 0.15) is 23.5 Å². The molecular formula is C13H19NO4. The van der Waals surface area contributed by atoms with Gasteiger partial charge in [0.25, 0.3) is 0 Å². The molecular weight excluding hydrogens is 234 g/mol. The van der Waals surface area contributed by atoms with Crippen molar-refractivity contribution in [2.24, 2.45) is 0 Å². The maximum absolute atomic E-state index is 11.7. The van der Waals surface area contributed by atoms with Crippen LogP contribution in [0.3, 0.4) is 0 Å². The highest BCUT2D eigenvalue weighted by Gasteiger charge is 2.36. The summed E-state index contributed by atoms with van der Waals surface area (Å²) in [5, 5.41) is 9.69. The quantitative estimate of drug-likeness (QED) is 0.814. The summed E-state index contributed by atoms with van der Waals surface area (Å²) in [6, 6.07) is 1.61. The Morgan fingerprint density at radius 3 is 2.89 bits per heavy atom. The fourth-order valence-electron chi connectivity index (χ4n) is 2.49. The second-order valence-electron chi connectivity index (χ2n) is 4.80. The van der Waals surface area contributed by atoms with Crippen molar-refractivity contribution in [3.8, 4) is 0 Å². The molecule has 1 aliphatic heterocycles. The summed E-state index contributed by atoms with van der Waals surface area (Å²) in [7, 11) is 1.37. The Morgan fingerprint density at radius 2 is 2.33 bits per heavy atom. The zero-order chi connectivity index (χ0) is 13.3. The van der Waals surface area contributed by atoms with Crippen LogP contribution in [-0.4, -0.2) is 41.8 Å². The Labute approximate surface area is 106 Å². The third-order valence-electron chi connectivity index (χ3n) is 3.37. The highest BCUT2D eigenvalue weighted by molar-refractivity contribution is 5.76. The molecule has 1 N–H and O–H groups in total. The van der Waals surface area contributed by atoms with E-state index in [4.69, 9.17) is 9.15 Å². The molecule has 1 fully saturated rings. The first kappa shape index (κ1) is 13.1. The highest BCUT2D eigenvalue weighted by Crippen LogP contribution is 2.24. The van der Waals surface area contributed by atoms with E-state index in [-0.39, 0.29) is 12.0 Å². The molecule has 5 nitrogen and oxygen atoms in total. The zero-order valence-corrected chi connectivity index (χ0v) is 11.0. The Kier molecular flexibility index (Phi) is 3.73. The fraction of sp³-hybridized carbons (Fsp3) is 0.615. The van der Waals surface area contributed by atoms with Crippen LogP contribution in [0, 0.1) is 13.8 Å². The van der Waals surface area contributed by atoms with Crippen molar-refractivity contribution in [3.63, 3.8) is 0 Å². The molecule has 1 saturated heterocycles. The molecule has 2 atom stereocenters.